The molecule has 6 nitrogen and oxygen atoms in total. The largest absolute Gasteiger partial charge is 0.382 e. The van der Waals surface area contributed by atoms with Gasteiger partial charge in [-0.1, -0.05) is 0 Å². The van der Waals surface area contributed by atoms with Gasteiger partial charge >= 0.3 is 0 Å². The van der Waals surface area contributed by atoms with Crippen LogP contribution in [0.15, 0.2) is 0 Å². The Labute approximate surface area is 83.7 Å². The highest BCUT2D eigenvalue weighted by molar-refractivity contribution is 5.75. The van der Waals surface area contributed by atoms with Crippen molar-refractivity contribution in [2.75, 3.05) is 40.1 Å². The van der Waals surface area contributed by atoms with Crippen molar-refractivity contribution in [2.24, 2.45) is 5.84 Å². The van der Waals surface area contributed by atoms with Crippen LogP contribution in [0.5, 0.6) is 0 Å². The van der Waals surface area contributed by atoms with E-state index in [1.807, 2.05) is 5.43 Å². The first kappa shape index (κ1) is 13.3. The zero-order valence-electron chi connectivity index (χ0n) is 8.45. The maximum absolute atomic E-state index is 10.6. The van der Waals surface area contributed by atoms with Gasteiger partial charge in [0.1, 0.15) is 0 Å². The average molecular weight is 206 g/mol. The van der Waals surface area contributed by atoms with Crippen molar-refractivity contribution in [3.05, 3.63) is 0 Å². The number of rotatable bonds is 9. The molecule has 0 saturated heterocycles. The second kappa shape index (κ2) is 10.4. The van der Waals surface area contributed by atoms with Crippen LogP contribution < -0.4 is 11.3 Å². The Hall–Kier alpha value is -0.690. The summed E-state index contributed by atoms with van der Waals surface area (Å²) in [5.74, 6) is 4.64. The van der Waals surface area contributed by atoms with E-state index in [0.717, 1.165) is 0 Å². The summed E-state index contributed by atoms with van der Waals surface area (Å²) in [5, 5.41) is 0. The number of nitrogens with two attached hydrogens (primary N) is 1. The van der Waals surface area contributed by atoms with Crippen molar-refractivity contribution in [3.63, 3.8) is 0 Å². The second-order valence-corrected chi connectivity index (χ2v) is 2.54. The molecule has 6 heteroatoms. The second-order valence-electron chi connectivity index (χ2n) is 2.54. The van der Waals surface area contributed by atoms with Gasteiger partial charge in [-0.05, 0) is 0 Å². The van der Waals surface area contributed by atoms with Gasteiger partial charge in [-0.25, -0.2) is 5.84 Å². The van der Waals surface area contributed by atoms with Gasteiger partial charge in [-0.3, -0.25) is 10.2 Å². The molecule has 0 aromatic rings. The molecule has 0 bridgehead atoms. The summed E-state index contributed by atoms with van der Waals surface area (Å²) in [6.07, 6.45) is 0.272. The number of ether oxygens (including phenoxy) is 3. The Morgan fingerprint density at radius 2 is 1.71 bits per heavy atom. The number of hydrazine groups is 1. The molecule has 14 heavy (non-hydrogen) atoms. The Kier molecular flexibility index (Phi) is 9.88. The molecule has 0 atom stereocenters. The molecule has 0 aliphatic heterocycles. The number of carbonyl (C=O) groups excluding carboxylic acids is 1. The molecule has 84 valence electrons. The van der Waals surface area contributed by atoms with E-state index < -0.39 is 0 Å². The fraction of sp³-hybridized carbons (Fsp3) is 0.875. The van der Waals surface area contributed by atoms with Gasteiger partial charge in [-0.15, -0.1) is 0 Å². The van der Waals surface area contributed by atoms with E-state index in [1.165, 1.54) is 0 Å². The Morgan fingerprint density at radius 3 is 2.29 bits per heavy atom. The summed E-state index contributed by atoms with van der Waals surface area (Å²) in [6, 6.07) is 0. The maximum atomic E-state index is 10.6. The molecule has 1 amide bonds. The van der Waals surface area contributed by atoms with Crippen LogP contribution in [0.1, 0.15) is 6.42 Å². The van der Waals surface area contributed by atoms with Crippen LogP contribution in [0.25, 0.3) is 0 Å². The predicted octanol–water partition coefficient (Wildman–Crippen LogP) is -0.954. The quantitative estimate of drug-likeness (QED) is 0.220. The summed E-state index contributed by atoms with van der Waals surface area (Å²) in [7, 11) is 1.62. The first-order chi connectivity index (χ1) is 6.81. The van der Waals surface area contributed by atoms with Gasteiger partial charge < -0.3 is 14.2 Å². The van der Waals surface area contributed by atoms with Crippen molar-refractivity contribution in [1.82, 2.24) is 5.43 Å². The summed E-state index contributed by atoms with van der Waals surface area (Å²) in [5.41, 5.74) is 2.02. The minimum atomic E-state index is -0.231. The van der Waals surface area contributed by atoms with Crippen LogP contribution in [0.3, 0.4) is 0 Å². The van der Waals surface area contributed by atoms with Crippen molar-refractivity contribution < 1.29 is 19.0 Å². The van der Waals surface area contributed by atoms with Gasteiger partial charge in [0.15, 0.2) is 0 Å². The lowest BCUT2D eigenvalue weighted by molar-refractivity contribution is -0.122. The third kappa shape index (κ3) is 9.40. The summed E-state index contributed by atoms with van der Waals surface area (Å²) >= 11 is 0. The zero-order valence-corrected chi connectivity index (χ0v) is 8.45. The molecule has 0 aromatic carbocycles. The van der Waals surface area contributed by atoms with E-state index in [9.17, 15) is 4.79 Å². The fourth-order valence-electron chi connectivity index (χ4n) is 0.701. The topological polar surface area (TPSA) is 82.8 Å². The van der Waals surface area contributed by atoms with Gasteiger partial charge in [-0.2, -0.15) is 0 Å². The number of carbonyl (C=O) groups is 1. The van der Waals surface area contributed by atoms with Crippen molar-refractivity contribution in [2.45, 2.75) is 6.42 Å². The van der Waals surface area contributed by atoms with Crippen LogP contribution >= 0.6 is 0 Å². The summed E-state index contributed by atoms with van der Waals surface area (Å²) in [4.78, 5) is 10.6. The van der Waals surface area contributed by atoms with Crippen molar-refractivity contribution in [3.8, 4) is 0 Å². The third-order valence-corrected chi connectivity index (χ3v) is 1.44. The smallest absolute Gasteiger partial charge is 0.236 e. The molecule has 0 aliphatic rings. The van der Waals surface area contributed by atoms with Crippen molar-refractivity contribution >= 4 is 5.91 Å². The first-order valence-corrected chi connectivity index (χ1v) is 4.45. The fourth-order valence-corrected chi connectivity index (χ4v) is 0.701. The van der Waals surface area contributed by atoms with Gasteiger partial charge in [0, 0.05) is 7.11 Å². The maximum Gasteiger partial charge on any atom is 0.236 e. The number of amides is 1. The zero-order chi connectivity index (χ0) is 10.6. The highest BCUT2D eigenvalue weighted by Crippen LogP contribution is 1.83. The van der Waals surface area contributed by atoms with E-state index >= 15 is 0 Å². The molecule has 0 unspecified atom stereocenters. The number of hydrogen-bond donors (Lipinski definition) is 2. The number of hydrogen-bond acceptors (Lipinski definition) is 5. The molecule has 3 N–H and O–H groups in total. The Balaban J connectivity index is 2.95. The highest BCUT2D eigenvalue weighted by atomic mass is 16.5. The lowest BCUT2D eigenvalue weighted by Gasteiger charge is -2.04. The van der Waals surface area contributed by atoms with E-state index in [-0.39, 0.29) is 12.3 Å². The minimum Gasteiger partial charge on any atom is -0.382 e. The standard InChI is InChI=1S/C8H18N2O4/c1-12-4-5-14-7-6-13-3-2-8(11)10-9/h2-7,9H2,1H3,(H,10,11). The lowest BCUT2D eigenvalue weighted by atomic mass is 10.4. The lowest BCUT2D eigenvalue weighted by Crippen LogP contribution is -2.30. The Bertz CT molecular complexity index is 143. The van der Waals surface area contributed by atoms with E-state index in [0.29, 0.717) is 33.0 Å². The normalized spacial score (nSPS) is 10.1. The number of methoxy groups -OCH3 is 1. The average Bonchev–Trinajstić information content (AvgIpc) is 2.21. The molecule has 0 aromatic heterocycles. The molecular formula is C8H18N2O4. The summed E-state index contributed by atoms with van der Waals surface area (Å²) < 4.78 is 15.0. The molecule has 0 spiro atoms. The van der Waals surface area contributed by atoms with Gasteiger partial charge in [0.05, 0.1) is 39.5 Å². The summed E-state index contributed by atoms with van der Waals surface area (Å²) in [6.45, 7) is 2.48. The molecular weight excluding hydrogens is 188 g/mol. The van der Waals surface area contributed by atoms with Gasteiger partial charge in [0.25, 0.3) is 0 Å². The van der Waals surface area contributed by atoms with Gasteiger partial charge in [0.2, 0.25) is 5.91 Å². The molecule has 0 radical (unpaired) electrons. The van der Waals surface area contributed by atoms with Crippen LogP contribution in [-0.4, -0.2) is 46.1 Å². The molecule has 0 aliphatic carbocycles. The van der Waals surface area contributed by atoms with Crippen LogP contribution in [-0.2, 0) is 19.0 Å². The highest BCUT2D eigenvalue weighted by Gasteiger charge is 1.97. The van der Waals surface area contributed by atoms with E-state index in [4.69, 9.17) is 20.1 Å². The van der Waals surface area contributed by atoms with Crippen LogP contribution in [0.4, 0.5) is 0 Å². The van der Waals surface area contributed by atoms with Crippen LogP contribution in [0, 0.1) is 0 Å². The number of nitrogens with one attached hydrogen (secondary N) is 1. The molecule has 0 fully saturated rings. The SMILES string of the molecule is COCCOCCOCCC(=O)NN. The molecule has 0 heterocycles. The third-order valence-electron chi connectivity index (χ3n) is 1.44. The van der Waals surface area contributed by atoms with E-state index in [2.05, 4.69) is 0 Å². The van der Waals surface area contributed by atoms with Crippen molar-refractivity contribution in [1.29, 1.82) is 0 Å². The molecule has 0 rings (SSSR count). The van der Waals surface area contributed by atoms with Crippen LogP contribution in [0.2, 0.25) is 0 Å². The monoisotopic (exact) mass is 206 g/mol. The predicted molar refractivity (Wildman–Crippen MR) is 50.5 cm³/mol. The Morgan fingerprint density at radius 1 is 1.14 bits per heavy atom. The first-order valence-electron chi connectivity index (χ1n) is 4.45. The molecule has 0 saturated carbocycles. The van der Waals surface area contributed by atoms with E-state index in [1.54, 1.807) is 7.11 Å². The minimum absolute atomic E-state index is 0.231.